The number of aromatic nitrogens is 3. The van der Waals surface area contributed by atoms with Gasteiger partial charge in [-0.3, -0.25) is 0 Å². The molecule has 0 unspecified atom stereocenters. The Hall–Kier alpha value is -2.26. The van der Waals surface area contributed by atoms with Crippen molar-refractivity contribution in [2.24, 2.45) is 0 Å². The van der Waals surface area contributed by atoms with E-state index in [4.69, 9.17) is 11.6 Å². The summed E-state index contributed by atoms with van der Waals surface area (Å²) in [7, 11) is 0. The molecule has 0 spiro atoms. The fraction of sp³-hybridized carbons (Fsp3) is 0. The van der Waals surface area contributed by atoms with Gasteiger partial charge >= 0.3 is 0 Å². The molecule has 0 amide bonds. The Bertz CT molecular complexity index is 699. The first-order valence-corrected chi connectivity index (χ1v) is 6.23. The van der Waals surface area contributed by atoms with E-state index in [2.05, 4.69) is 33.6 Å². The molecule has 0 saturated heterocycles. The average molecular weight is 268 g/mol. The van der Waals surface area contributed by atoms with Crippen molar-refractivity contribution < 1.29 is 0 Å². The summed E-state index contributed by atoms with van der Waals surface area (Å²) in [6.07, 6.45) is 1.64. The van der Waals surface area contributed by atoms with E-state index in [1.165, 1.54) is 0 Å². The Morgan fingerprint density at radius 1 is 0.737 bits per heavy atom. The van der Waals surface area contributed by atoms with E-state index in [-0.39, 0.29) is 0 Å². The van der Waals surface area contributed by atoms with Gasteiger partial charge in [0.25, 0.3) is 0 Å². The molecule has 3 rings (SSSR count). The van der Waals surface area contributed by atoms with Crippen LogP contribution >= 0.6 is 11.6 Å². The van der Waals surface area contributed by atoms with Gasteiger partial charge in [-0.15, -0.1) is 10.2 Å². The first-order valence-electron chi connectivity index (χ1n) is 5.85. The standard InChI is InChI=1S/C15H10ClN3/c16-15-14(10-17-19-18-15)13-9-5-4-8-12(13)11-6-2-1-3-7-11/h1-10H. The molecule has 0 aliphatic carbocycles. The van der Waals surface area contributed by atoms with Crippen LogP contribution in [-0.2, 0) is 0 Å². The molecule has 4 heteroatoms. The van der Waals surface area contributed by atoms with Crippen LogP contribution in [0.15, 0.2) is 60.8 Å². The van der Waals surface area contributed by atoms with Crippen LogP contribution < -0.4 is 0 Å². The Kier molecular flexibility index (Phi) is 3.21. The van der Waals surface area contributed by atoms with Gasteiger partial charge in [0.15, 0.2) is 5.15 Å². The molecule has 0 atom stereocenters. The molecule has 92 valence electrons. The summed E-state index contributed by atoms with van der Waals surface area (Å²) in [4.78, 5) is 0. The maximum atomic E-state index is 6.10. The Labute approximate surface area is 115 Å². The van der Waals surface area contributed by atoms with E-state index < -0.39 is 0 Å². The molecular weight excluding hydrogens is 258 g/mol. The summed E-state index contributed by atoms with van der Waals surface area (Å²) in [5.41, 5.74) is 4.02. The summed E-state index contributed by atoms with van der Waals surface area (Å²) >= 11 is 6.10. The molecular formula is C15H10ClN3. The lowest BCUT2D eigenvalue weighted by Gasteiger charge is -2.09. The topological polar surface area (TPSA) is 38.7 Å². The third-order valence-corrected chi connectivity index (χ3v) is 3.17. The second-order valence-corrected chi connectivity index (χ2v) is 4.41. The second kappa shape index (κ2) is 5.16. The van der Waals surface area contributed by atoms with Gasteiger partial charge in [0.2, 0.25) is 0 Å². The van der Waals surface area contributed by atoms with Crippen LogP contribution in [0.3, 0.4) is 0 Å². The average Bonchev–Trinajstić information content (AvgIpc) is 2.49. The zero-order valence-corrected chi connectivity index (χ0v) is 10.7. The van der Waals surface area contributed by atoms with Gasteiger partial charge in [-0.2, -0.15) is 0 Å². The first-order chi connectivity index (χ1) is 9.36. The van der Waals surface area contributed by atoms with Crippen LogP contribution in [0.4, 0.5) is 0 Å². The van der Waals surface area contributed by atoms with Crippen LogP contribution in [-0.4, -0.2) is 15.4 Å². The van der Waals surface area contributed by atoms with E-state index in [0.717, 1.165) is 22.3 Å². The third-order valence-electron chi connectivity index (χ3n) is 2.90. The van der Waals surface area contributed by atoms with Gasteiger partial charge in [-0.25, -0.2) is 0 Å². The summed E-state index contributed by atoms with van der Waals surface area (Å²) < 4.78 is 0. The lowest BCUT2D eigenvalue weighted by atomic mass is 9.96. The quantitative estimate of drug-likeness (QED) is 0.708. The molecule has 1 heterocycles. The molecule has 3 aromatic rings. The highest BCUT2D eigenvalue weighted by atomic mass is 35.5. The molecule has 0 radical (unpaired) electrons. The normalized spacial score (nSPS) is 10.4. The van der Waals surface area contributed by atoms with E-state index in [1.807, 2.05) is 36.4 Å². The van der Waals surface area contributed by atoms with Crippen molar-refractivity contribution in [3.63, 3.8) is 0 Å². The molecule has 0 N–H and O–H groups in total. The van der Waals surface area contributed by atoms with E-state index in [9.17, 15) is 0 Å². The van der Waals surface area contributed by atoms with Crippen molar-refractivity contribution in [1.82, 2.24) is 15.4 Å². The zero-order chi connectivity index (χ0) is 13.1. The zero-order valence-electron chi connectivity index (χ0n) is 9.99. The number of hydrogen-bond acceptors (Lipinski definition) is 3. The Morgan fingerprint density at radius 2 is 1.42 bits per heavy atom. The summed E-state index contributed by atoms with van der Waals surface area (Å²) in [6.45, 7) is 0. The summed E-state index contributed by atoms with van der Waals surface area (Å²) in [5.74, 6) is 0. The predicted molar refractivity (Wildman–Crippen MR) is 75.7 cm³/mol. The number of halogens is 1. The highest BCUT2D eigenvalue weighted by molar-refractivity contribution is 6.32. The van der Waals surface area contributed by atoms with Gasteiger partial charge in [-0.1, -0.05) is 66.2 Å². The van der Waals surface area contributed by atoms with Crippen molar-refractivity contribution in [1.29, 1.82) is 0 Å². The van der Waals surface area contributed by atoms with Crippen molar-refractivity contribution in [3.8, 4) is 22.3 Å². The molecule has 0 aliphatic heterocycles. The third kappa shape index (κ3) is 2.33. The molecule has 2 aromatic carbocycles. The molecule has 0 aliphatic rings. The van der Waals surface area contributed by atoms with Crippen molar-refractivity contribution in [2.75, 3.05) is 0 Å². The molecule has 3 nitrogen and oxygen atoms in total. The van der Waals surface area contributed by atoms with Gasteiger partial charge < -0.3 is 0 Å². The fourth-order valence-electron chi connectivity index (χ4n) is 2.02. The van der Waals surface area contributed by atoms with Crippen LogP contribution in [0.25, 0.3) is 22.3 Å². The Balaban J connectivity index is 2.21. The largest absolute Gasteiger partial charge is 0.162 e. The summed E-state index contributed by atoms with van der Waals surface area (Å²) in [5, 5.41) is 11.5. The predicted octanol–water partition coefficient (Wildman–Crippen LogP) is 3.86. The van der Waals surface area contributed by atoms with E-state index in [0.29, 0.717) is 5.15 Å². The SMILES string of the molecule is Clc1nnncc1-c1ccccc1-c1ccccc1. The number of rotatable bonds is 2. The minimum atomic E-state index is 0.360. The lowest BCUT2D eigenvalue weighted by Crippen LogP contribution is -1.92. The van der Waals surface area contributed by atoms with Gasteiger partial charge in [0, 0.05) is 5.56 Å². The lowest BCUT2D eigenvalue weighted by molar-refractivity contribution is 0.868. The monoisotopic (exact) mass is 267 g/mol. The van der Waals surface area contributed by atoms with E-state index >= 15 is 0 Å². The van der Waals surface area contributed by atoms with E-state index in [1.54, 1.807) is 6.20 Å². The molecule has 0 saturated carbocycles. The van der Waals surface area contributed by atoms with Crippen LogP contribution in [0.5, 0.6) is 0 Å². The maximum Gasteiger partial charge on any atom is 0.162 e. The van der Waals surface area contributed by atoms with Crippen LogP contribution in [0.2, 0.25) is 5.15 Å². The smallest absolute Gasteiger partial charge is 0.138 e. The molecule has 1 aromatic heterocycles. The van der Waals surface area contributed by atoms with Crippen LogP contribution in [0.1, 0.15) is 0 Å². The highest BCUT2D eigenvalue weighted by Crippen LogP contribution is 2.33. The van der Waals surface area contributed by atoms with Crippen molar-refractivity contribution in [2.45, 2.75) is 0 Å². The highest BCUT2D eigenvalue weighted by Gasteiger charge is 2.10. The second-order valence-electron chi connectivity index (χ2n) is 4.05. The minimum Gasteiger partial charge on any atom is -0.138 e. The minimum absolute atomic E-state index is 0.360. The van der Waals surface area contributed by atoms with Gasteiger partial charge in [0.1, 0.15) is 0 Å². The molecule has 19 heavy (non-hydrogen) atoms. The molecule has 0 bridgehead atoms. The fourth-order valence-corrected chi connectivity index (χ4v) is 2.21. The first kappa shape index (κ1) is 11.8. The maximum absolute atomic E-state index is 6.10. The number of nitrogens with zero attached hydrogens (tertiary/aromatic N) is 3. The van der Waals surface area contributed by atoms with Crippen molar-refractivity contribution >= 4 is 11.6 Å². The van der Waals surface area contributed by atoms with Gasteiger partial charge in [-0.05, 0) is 21.9 Å². The number of hydrogen-bond donors (Lipinski definition) is 0. The summed E-state index contributed by atoms with van der Waals surface area (Å²) in [6, 6.07) is 18.2. The van der Waals surface area contributed by atoms with Gasteiger partial charge in [0.05, 0.1) is 6.20 Å². The molecule has 0 fully saturated rings. The van der Waals surface area contributed by atoms with Crippen molar-refractivity contribution in [3.05, 3.63) is 65.9 Å². The Morgan fingerprint density at radius 3 is 2.16 bits per heavy atom. The number of benzene rings is 2. The van der Waals surface area contributed by atoms with Crippen LogP contribution in [0, 0.1) is 0 Å².